The van der Waals surface area contributed by atoms with Crippen LogP contribution in [0.2, 0.25) is 0 Å². The van der Waals surface area contributed by atoms with Crippen LogP contribution in [-0.2, 0) is 6.54 Å². The van der Waals surface area contributed by atoms with Gasteiger partial charge in [-0.25, -0.2) is 4.79 Å². The van der Waals surface area contributed by atoms with E-state index in [0.717, 1.165) is 24.2 Å². The summed E-state index contributed by atoms with van der Waals surface area (Å²) in [5.74, 6) is 0.813. The lowest BCUT2D eigenvalue weighted by Gasteiger charge is -2.30. The van der Waals surface area contributed by atoms with Crippen molar-refractivity contribution in [3.8, 4) is 5.75 Å². The molecule has 5 nitrogen and oxygen atoms in total. The molecule has 1 fully saturated rings. The van der Waals surface area contributed by atoms with Gasteiger partial charge in [-0.05, 0) is 37.5 Å². The molecule has 0 radical (unpaired) electrons. The second kappa shape index (κ2) is 7.14. The van der Waals surface area contributed by atoms with Crippen molar-refractivity contribution in [2.75, 3.05) is 19.7 Å². The minimum absolute atomic E-state index is 0.120. The summed E-state index contributed by atoms with van der Waals surface area (Å²) in [5, 5.41) is 12.4. The first-order valence-corrected chi connectivity index (χ1v) is 7.11. The van der Waals surface area contributed by atoms with Crippen molar-refractivity contribution in [3.63, 3.8) is 0 Å². The zero-order chi connectivity index (χ0) is 14.4. The maximum absolute atomic E-state index is 12.0. The van der Waals surface area contributed by atoms with Crippen LogP contribution in [0.1, 0.15) is 25.3 Å². The third kappa shape index (κ3) is 4.13. The molecule has 110 valence electrons. The van der Waals surface area contributed by atoms with Gasteiger partial charge in [-0.3, -0.25) is 0 Å². The van der Waals surface area contributed by atoms with Crippen LogP contribution in [0, 0.1) is 0 Å². The van der Waals surface area contributed by atoms with Gasteiger partial charge in [0.1, 0.15) is 5.75 Å². The number of benzene rings is 1. The maximum Gasteiger partial charge on any atom is 0.317 e. The molecule has 1 aromatic rings. The molecule has 0 aliphatic carbocycles. The van der Waals surface area contributed by atoms with Gasteiger partial charge in [-0.1, -0.05) is 12.1 Å². The fraction of sp³-hybridized carbons (Fsp3) is 0.533. The number of urea groups is 1. The second-order valence-electron chi connectivity index (χ2n) is 4.98. The lowest BCUT2D eigenvalue weighted by Crippen LogP contribution is -2.46. The zero-order valence-electron chi connectivity index (χ0n) is 11.8. The predicted molar refractivity (Wildman–Crippen MR) is 76.7 cm³/mol. The number of aliphatic hydroxyl groups excluding tert-OH is 1. The minimum atomic E-state index is -0.393. The van der Waals surface area contributed by atoms with E-state index in [1.54, 1.807) is 4.90 Å². The van der Waals surface area contributed by atoms with Crippen molar-refractivity contribution in [1.82, 2.24) is 10.2 Å². The summed E-state index contributed by atoms with van der Waals surface area (Å²) < 4.78 is 5.43. The zero-order valence-corrected chi connectivity index (χ0v) is 11.8. The molecular formula is C15H22N2O3. The van der Waals surface area contributed by atoms with Crippen LogP contribution in [-0.4, -0.2) is 41.8 Å². The number of piperidine rings is 1. The number of β-amino-alcohol motifs (C(OH)–C–C–N with tert-alkyl or cyclic N) is 1. The third-order valence-corrected chi connectivity index (χ3v) is 3.34. The Kier molecular flexibility index (Phi) is 5.24. The molecule has 2 amide bonds. The summed E-state index contributed by atoms with van der Waals surface area (Å²) in [6.07, 6.45) is 1.24. The van der Waals surface area contributed by atoms with Crippen molar-refractivity contribution >= 4 is 6.03 Å². The van der Waals surface area contributed by atoms with Crippen LogP contribution < -0.4 is 10.1 Å². The molecule has 1 unspecified atom stereocenters. The number of carbonyl (C=O) groups is 1. The van der Waals surface area contributed by atoms with E-state index in [-0.39, 0.29) is 6.03 Å². The van der Waals surface area contributed by atoms with Crippen LogP contribution in [0.15, 0.2) is 24.3 Å². The topological polar surface area (TPSA) is 61.8 Å². The molecule has 1 aromatic carbocycles. The fourth-order valence-electron chi connectivity index (χ4n) is 2.34. The number of nitrogens with one attached hydrogen (secondary N) is 1. The van der Waals surface area contributed by atoms with E-state index in [0.29, 0.717) is 26.2 Å². The van der Waals surface area contributed by atoms with Crippen molar-refractivity contribution < 1.29 is 14.6 Å². The Bertz CT molecular complexity index is 450. The van der Waals surface area contributed by atoms with Crippen LogP contribution in [0.25, 0.3) is 0 Å². The van der Waals surface area contributed by atoms with E-state index in [4.69, 9.17) is 4.74 Å². The Hall–Kier alpha value is -1.75. The summed E-state index contributed by atoms with van der Waals surface area (Å²) >= 11 is 0. The van der Waals surface area contributed by atoms with E-state index < -0.39 is 6.10 Å². The van der Waals surface area contributed by atoms with Crippen molar-refractivity contribution in [2.24, 2.45) is 0 Å². The van der Waals surface area contributed by atoms with E-state index in [1.165, 1.54) is 0 Å². The van der Waals surface area contributed by atoms with Crippen LogP contribution >= 0.6 is 0 Å². The number of carbonyl (C=O) groups excluding carboxylic acids is 1. The van der Waals surface area contributed by atoms with Gasteiger partial charge in [0.2, 0.25) is 0 Å². The number of hydrogen-bond donors (Lipinski definition) is 2. The number of likely N-dealkylation sites (tertiary alicyclic amines) is 1. The molecule has 1 atom stereocenters. The molecule has 20 heavy (non-hydrogen) atoms. The Balaban J connectivity index is 1.85. The molecule has 0 aromatic heterocycles. The summed E-state index contributed by atoms with van der Waals surface area (Å²) in [7, 11) is 0. The van der Waals surface area contributed by atoms with Gasteiger partial charge in [-0.2, -0.15) is 0 Å². The smallest absolute Gasteiger partial charge is 0.317 e. The highest BCUT2D eigenvalue weighted by Gasteiger charge is 2.21. The number of aliphatic hydroxyl groups is 1. The molecule has 2 N–H and O–H groups in total. The van der Waals surface area contributed by atoms with Crippen LogP contribution in [0.4, 0.5) is 4.79 Å². The highest BCUT2D eigenvalue weighted by Crippen LogP contribution is 2.14. The van der Waals surface area contributed by atoms with Gasteiger partial charge >= 0.3 is 6.03 Å². The molecule has 0 bridgehead atoms. The third-order valence-electron chi connectivity index (χ3n) is 3.34. The lowest BCUT2D eigenvalue weighted by molar-refractivity contribution is 0.0842. The average Bonchev–Trinajstić information content (AvgIpc) is 2.45. The van der Waals surface area contributed by atoms with Gasteiger partial charge in [0.25, 0.3) is 0 Å². The van der Waals surface area contributed by atoms with Crippen molar-refractivity contribution in [3.05, 3.63) is 29.8 Å². The largest absolute Gasteiger partial charge is 0.494 e. The summed E-state index contributed by atoms with van der Waals surface area (Å²) in [5.41, 5.74) is 1.00. The van der Waals surface area contributed by atoms with Gasteiger partial charge in [0.15, 0.2) is 0 Å². The fourth-order valence-corrected chi connectivity index (χ4v) is 2.34. The first-order chi connectivity index (χ1) is 9.69. The molecule has 1 heterocycles. The summed E-state index contributed by atoms with van der Waals surface area (Å²) in [6, 6.07) is 7.57. The van der Waals surface area contributed by atoms with E-state index in [9.17, 15) is 9.90 Å². The molecule has 5 heteroatoms. The van der Waals surface area contributed by atoms with E-state index in [2.05, 4.69) is 5.32 Å². The van der Waals surface area contributed by atoms with Gasteiger partial charge in [0, 0.05) is 19.6 Å². The Morgan fingerprint density at radius 1 is 1.55 bits per heavy atom. The highest BCUT2D eigenvalue weighted by atomic mass is 16.5. The van der Waals surface area contributed by atoms with Gasteiger partial charge in [-0.15, -0.1) is 0 Å². The first-order valence-electron chi connectivity index (χ1n) is 7.11. The predicted octanol–water partition coefficient (Wildman–Crippen LogP) is 1.75. The molecular weight excluding hydrogens is 256 g/mol. The molecule has 2 rings (SSSR count). The Labute approximate surface area is 119 Å². The SMILES string of the molecule is CCOc1cccc(CNC(=O)N2CCCC(O)C2)c1. The van der Waals surface area contributed by atoms with E-state index >= 15 is 0 Å². The molecule has 0 saturated carbocycles. The number of amides is 2. The minimum Gasteiger partial charge on any atom is -0.494 e. The number of nitrogens with zero attached hydrogens (tertiary/aromatic N) is 1. The van der Waals surface area contributed by atoms with E-state index in [1.807, 2.05) is 31.2 Å². The Morgan fingerprint density at radius 2 is 2.40 bits per heavy atom. The monoisotopic (exact) mass is 278 g/mol. The summed E-state index contributed by atoms with van der Waals surface area (Å²) in [4.78, 5) is 13.7. The molecule has 0 spiro atoms. The number of hydrogen-bond acceptors (Lipinski definition) is 3. The first kappa shape index (κ1) is 14.7. The normalized spacial score (nSPS) is 18.7. The molecule has 1 aliphatic heterocycles. The van der Waals surface area contributed by atoms with Gasteiger partial charge in [0.05, 0.1) is 12.7 Å². The Morgan fingerprint density at radius 3 is 3.15 bits per heavy atom. The van der Waals surface area contributed by atoms with Crippen molar-refractivity contribution in [2.45, 2.75) is 32.4 Å². The average molecular weight is 278 g/mol. The quantitative estimate of drug-likeness (QED) is 0.882. The maximum atomic E-state index is 12.0. The van der Waals surface area contributed by atoms with Crippen LogP contribution in [0.5, 0.6) is 5.75 Å². The van der Waals surface area contributed by atoms with Crippen LogP contribution in [0.3, 0.4) is 0 Å². The standard InChI is InChI=1S/C15H22N2O3/c1-2-20-14-7-3-5-12(9-14)10-16-15(19)17-8-4-6-13(18)11-17/h3,5,7,9,13,18H,2,4,6,8,10-11H2,1H3,(H,16,19). The highest BCUT2D eigenvalue weighted by molar-refractivity contribution is 5.74. The molecule has 1 saturated heterocycles. The number of ether oxygens (including phenoxy) is 1. The van der Waals surface area contributed by atoms with Crippen molar-refractivity contribution in [1.29, 1.82) is 0 Å². The second-order valence-corrected chi connectivity index (χ2v) is 4.98. The number of rotatable bonds is 4. The summed E-state index contributed by atoms with van der Waals surface area (Å²) in [6.45, 7) is 4.16. The van der Waals surface area contributed by atoms with Gasteiger partial charge < -0.3 is 20.1 Å². The lowest BCUT2D eigenvalue weighted by atomic mass is 10.1. The molecule has 1 aliphatic rings.